The first-order chi connectivity index (χ1) is 15.9. The normalized spacial score (nSPS) is 14.7. The lowest BCUT2D eigenvalue weighted by molar-refractivity contribution is 0.0551. The van der Waals surface area contributed by atoms with E-state index in [4.69, 9.17) is 9.63 Å². The third-order valence-corrected chi connectivity index (χ3v) is 5.79. The van der Waals surface area contributed by atoms with Gasteiger partial charge in [-0.25, -0.2) is 4.98 Å². The smallest absolute Gasteiger partial charge is 0.259 e. The maximum Gasteiger partial charge on any atom is 0.259 e. The Bertz CT molecular complexity index is 1180. The second-order valence-corrected chi connectivity index (χ2v) is 8.65. The van der Waals surface area contributed by atoms with Crippen LogP contribution in [0, 0.1) is 18.3 Å². The first kappa shape index (κ1) is 22.9. The van der Waals surface area contributed by atoms with Crippen LogP contribution in [0.2, 0.25) is 0 Å². The molecule has 0 radical (unpaired) electrons. The van der Waals surface area contributed by atoms with Crippen molar-refractivity contribution < 1.29 is 14.7 Å². The molecular formula is C24H28N6O3. The van der Waals surface area contributed by atoms with Gasteiger partial charge in [0.1, 0.15) is 11.9 Å². The zero-order chi connectivity index (χ0) is 23.5. The number of nitrogens with one attached hydrogen (secondary N) is 1. The highest BCUT2D eigenvalue weighted by molar-refractivity contribution is 5.67. The summed E-state index contributed by atoms with van der Waals surface area (Å²) in [5.74, 6) is 1.33. The fourth-order valence-corrected chi connectivity index (χ4v) is 4.16. The zero-order valence-electron chi connectivity index (χ0n) is 19.0. The quantitative estimate of drug-likeness (QED) is 0.499. The number of hydrogen-bond donors (Lipinski definition) is 3. The van der Waals surface area contributed by atoms with Crippen LogP contribution < -0.4 is 5.32 Å². The summed E-state index contributed by atoms with van der Waals surface area (Å²) >= 11 is 0. The van der Waals surface area contributed by atoms with Crippen molar-refractivity contribution in [1.82, 2.24) is 20.0 Å². The van der Waals surface area contributed by atoms with Crippen molar-refractivity contribution in [1.29, 1.82) is 5.26 Å². The fraction of sp³-hybridized carbons (Fsp3) is 0.417. The molecule has 1 atom stereocenters. The summed E-state index contributed by atoms with van der Waals surface area (Å²) in [6.45, 7) is 7.79. The molecule has 3 aromatic rings. The second-order valence-electron chi connectivity index (χ2n) is 8.65. The highest BCUT2D eigenvalue weighted by atomic mass is 16.5. The molecule has 0 unspecified atom stereocenters. The maximum absolute atomic E-state index is 9.74. The van der Waals surface area contributed by atoms with Crippen LogP contribution in [-0.2, 0) is 13.0 Å². The van der Waals surface area contributed by atoms with Gasteiger partial charge in [0.25, 0.3) is 5.89 Å². The SMILES string of the molecule is Cc1c(-c2noc(-c3cnc(NC(C)C)c(C#N)c3)n2)ccc2c1CCN(C[C@@H](O)CO)C2. The number of benzene rings is 1. The molecule has 0 aliphatic carbocycles. The minimum Gasteiger partial charge on any atom is -0.394 e. The lowest BCUT2D eigenvalue weighted by atomic mass is 9.91. The van der Waals surface area contributed by atoms with E-state index in [2.05, 4.69) is 44.4 Å². The Morgan fingerprint density at radius 2 is 2.15 bits per heavy atom. The summed E-state index contributed by atoms with van der Waals surface area (Å²) in [7, 11) is 0. The van der Waals surface area contributed by atoms with E-state index in [0.717, 1.165) is 30.6 Å². The molecule has 1 aliphatic heterocycles. The molecule has 9 nitrogen and oxygen atoms in total. The number of rotatable bonds is 7. The van der Waals surface area contributed by atoms with Crippen LogP contribution in [0.4, 0.5) is 5.82 Å². The Morgan fingerprint density at radius 3 is 2.88 bits per heavy atom. The minimum atomic E-state index is -0.726. The van der Waals surface area contributed by atoms with Crippen molar-refractivity contribution in [2.45, 2.75) is 45.9 Å². The van der Waals surface area contributed by atoms with E-state index in [1.165, 1.54) is 11.1 Å². The van der Waals surface area contributed by atoms with Crippen molar-refractivity contribution in [2.75, 3.05) is 25.0 Å². The van der Waals surface area contributed by atoms with Crippen molar-refractivity contribution >= 4 is 5.82 Å². The van der Waals surface area contributed by atoms with E-state index in [0.29, 0.717) is 35.2 Å². The van der Waals surface area contributed by atoms with E-state index in [9.17, 15) is 10.4 Å². The largest absolute Gasteiger partial charge is 0.394 e. The van der Waals surface area contributed by atoms with Crippen molar-refractivity contribution in [3.63, 3.8) is 0 Å². The van der Waals surface area contributed by atoms with Gasteiger partial charge in [0.2, 0.25) is 5.82 Å². The number of hydrogen-bond acceptors (Lipinski definition) is 9. The molecule has 0 amide bonds. The van der Waals surface area contributed by atoms with Gasteiger partial charge in [0.15, 0.2) is 0 Å². The Kier molecular flexibility index (Phi) is 6.70. The number of aliphatic hydroxyl groups is 2. The van der Waals surface area contributed by atoms with Crippen LogP contribution in [0.3, 0.4) is 0 Å². The monoisotopic (exact) mass is 448 g/mol. The molecule has 172 valence electrons. The Hall–Kier alpha value is -3.32. The Morgan fingerprint density at radius 1 is 1.33 bits per heavy atom. The lowest BCUT2D eigenvalue weighted by Crippen LogP contribution is -2.38. The molecule has 1 aliphatic rings. The highest BCUT2D eigenvalue weighted by Gasteiger charge is 2.23. The topological polar surface area (TPSA) is 131 Å². The van der Waals surface area contributed by atoms with E-state index >= 15 is 0 Å². The molecule has 0 spiro atoms. The average molecular weight is 449 g/mol. The van der Waals surface area contributed by atoms with Gasteiger partial charge in [0.05, 0.1) is 23.8 Å². The molecule has 0 fully saturated rings. The summed E-state index contributed by atoms with van der Waals surface area (Å²) in [5.41, 5.74) is 5.47. The predicted octanol–water partition coefficient (Wildman–Crippen LogP) is 2.51. The van der Waals surface area contributed by atoms with Crippen LogP contribution in [0.5, 0.6) is 0 Å². The van der Waals surface area contributed by atoms with E-state index in [-0.39, 0.29) is 12.6 Å². The van der Waals surface area contributed by atoms with Crippen molar-refractivity contribution in [3.8, 4) is 28.9 Å². The molecule has 0 saturated carbocycles. The molecule has 0 saturated heterocycles. The van der Waals surface area contributed by atoms with Gasteiger partial charge in [0, 0.05) is 37.4 Å². The van der Waals surface area contributed by atoms with Gasteiger partial charge in [-0.3, -0.25) is 4.90 Å². The van der Waals surface area contributed by atoms with Gasteiger partial charge in [-0.1, -0.05) is 17.3 Å². The van der Waals surface area contributed by atoms with Gasteiger partial charge < -0.3 is 20.1 Å². The Labute approximate surface area is 192 Å². The van der Waals surface area contributed by atoms with E-state index in [1.807, 2.05) is 19.9 Å². The number of anilines is 1. The highest BCUT2D eigenvalue weighted by Crippen LogP contribution is 2.31. The number of fused-ring (bicyclic) bond motifs is 1. The summed E-state index contributed by atoms with van der Waals surface area (Å²) in [4.78, 5) is 11.1. The first-order valence-corrected chi connectivity index (χ1v) is 11.0. The summed E-state index contributed by atoms with van der Waals surface area (Å²) < 4.78 is 5.51. The third-order valence-electron chi connectivity index (χ3n) is 5.79. The molecular weight excluding hydrogens is 420 g/mol. The molecule has 1 aromatic carbocycles. The number of pyridine rings is 1. The predicted molar refractivity (Wildman–Crippen MR) is 123 cm³/mol. The van der Waals surface area contributed by atoms with Gasteiger partial charge in [-0.2, -0.15) is 10.2 Å². The van der Waals surface area contributed by atoms with Crippen LogP contribution in [0.15, 0.2) is 28.9 Å². The van der Waals surface area contributed by atoms with Crippen LogP contribution in [0.1, 0.15) is 36.1 Å². The van der Waals surface area contributed by atoms with Gasteiger partial charge >= 0.3 is 0 Å². The van der Waals surface area contributed by atoms with Gasteiger partial charge in [-0.15, -0.1) is 0 Å². The van der Waals surface area contributed by atoms with E-state index < -0.39 is 6.10 Å². The van der Waals surface area contributed by atoms with Crippen LogP contribution >= 0.6 is 0 Å². The zero-order valence-corrected chi connectivity index (χ0v) is 19.0. The van der Waals surface area contributed by atoms with E-state index in [1.54, 1.807) is 12.3 Å². The number of nitrogens with zero attached hydrogens (tertiary/aromatic N) is 5. The summed E-state index contributed by atoms with van der Waals surface area (Å²) in [6.07, 6.45) is 1.74. The molecule has 2 aromatic heterocycles. The number of β-amino-alcohol motifs (C(OH)–C–C–N with tert-alkyl or cyclic N) is 1. The fourth-order valence-electron chi connectivity index (χ4n) is 4.16. The second kappa shape index (κ2) is 9.67. The van der Waals surface area contributed by atoms with Crippen molar-refractivity contribution in [3.05, 3.63) is 46.6 Å². The molecule has 4 rings (SSSR count). The number of aromatic nitrogens is 3. The van der Waals surface area contributed by atoms with Crippen molar-refractivity contribution in [2.24, 2.45) is 0 Å². The number of aliphatic hydroxyl groups excluding tert-OH is 2. The molecule has 33 heavy (non-hydrogen) atoms. The summed E-state index contributed by atoms with van der Waals surface area (Å²) in [5, 5.41) is 35.7. The minimum absolute atomic E-state index is 0.157. The molecule has 9 heteroatoms. The first-order valence-electron chi connectivity index (χ1n) is 11.0. The standard InChI is InChI=1S/C24H28N6O3/c1-14(2)27-22-17(9-25)8-18(10-26-22)24-28-23(29-33-24)21-5-4-16-11-30(12-19(32)13-31)7-6-20(16)15(21)3/h4-5,8,10,14,19,31-32H,6-7,11-13H2,1-3H3,(H,26,27)/t19-/m1/s1. The van der Waals surface area contributed by atoms with Gasteiger partial charge in [-0.05, 0) is 49.9 Å². The third kappa shape index (κ3) is 4.88. The maximum atomic E-state index is 9.74. The number of nitriles is 1. The summed E-state index contributed by atoms with van der Waals surface area (Å²) in [6, 6.07) is 8.07. The lowest BCUT2D eigenvalue weighted by Gasteiger charge is -2.31. The Balaban J connectivity index is 1.58. The molecule has 0 bridgehead atoms. The molecule has 3 N–H and O–H groups in total. The average Bonchev–Trinajstić information content (AvgIpc) is 3.29. The van der Waals surface area contributed by atoms with Crippen LogP contribution in [0.25, 0.3) is 22.8 Å². The van der Waals surface area contributed by atoms with Crippen LogP contribution in [-0.4, -0.2) is 62.1 Å². The molecule has 3 heterocycles.